The zero-order chi connectivity index (χ0) is 19.8. The quantitative estimate of drug-likeness (QED) is 0.610. The van der Waals surface area contributed by atoms with Crippen LogP contribution in [0.5, 0.6) is 0 Å². The molecular weight excluding hydrogens is 385 g/mol. The second kappa shape index (κ2) is 7.92. The van der Waals surface area contributed by atoms with Crippen LogP contribution in [-0.4, -0.2) is 46.5 Å². The summed E-state index contributed by atoms with van der Waals surface area (Å²) in [6, 6.07) is 9.62. The van der Waals surface area contributed by atoms with Gasteiger partial charge in [-0.05, 0) is 25.0 Å². The van der Waals surface area contributed by atoms with Gasteiger partial charge in [0.2, 0.25) is 0 Å². The molecule has 0 radical (unpaired) electrons. The number of piperazine rings is 1. The molecule has 1 amide bonds. The summed E-state index contributed by atoms with van der Waals surface area (Å²) in [5.74, 6) is -0.0255. The van der Waals surface area contributed by atoms with Crippen molar-refractivity contribution in [1.82, 2.24) is 14.4 Å². The van der Waals surface area contributed by atoms with Crippen molar-refractivity contribution in [3.8, 4) is 0 Å². The van der Waals surface area contributed by atoms with Gasteiger partial charge in [0.05, 0.1) is 9.58 Å². The van der Waals surface area contributed by atoms with E-state index in [1.54, 1.807) is 17.4 Å². The summed E-state index contributed by atoms with van der Waals surface area (Å²) in [7, 11) is 0. The van der Waals surface area contributed by atoms with Crippen molar-refractivity contribution in [2.24, 2.45) is 0 Å². The summed E-state index contributed by atoms with van der Waals surface area (Å²) in [6.07, 6.45) is 9.62. The first-order valence-corrected chi connectivity index (χ1v) is 11.3. The number of hydrogen-bond acceptors (Lipinski definition) is 3. The molecule has 6 heteroatoms. The van der Waals surface area contributed by atoms with Crippen molar-refractivity contribution >= 4 is 27.3 Å². The number of nitrogens with zero attached hydrogens (tertiary/aromatic N) is 3. The maximum Gasteiger partial charge on any atom is 0.264 e. The van der Waals surface area contributed by atoms with Crippen LogP contribution in [0, 0.1) is 5.82 Å². The summed E-state index contributed by atoms with van der Waals surface area (Å²) in [4.78, 5) is 18.0. The Balaban J connectivity index is 1.21. The van der Waals surface area contributed by atoms with E-state index < -0.39 is 0 Å². The SMILES string of the molecule is O=C(c1cc2cn(C3CCCC3)cc2s1)N1CCN(Cc2ccccc2F)CC1. The molecule has 1 aromatic carbocycles. The van der Waals surface area contributed by atoms with Crippen molar-refractivity contribution in [3.05, 3.63) is 59.0 Å². The predicted molar refractivity (Wildman–Crippen MR) is 115 cm³/mol. The lowest BCUT2D eigenvalue weighted by molar-refractivity contribution is 0.0632. The third-order valence-electron chi connectivity index (χ3n) is 6.31. The van der Waals surface area contributed by atoms with Crippen LogP contribution in [0.15, 0.2) is 42.7 Å². The van der Waals surface area contributed by atoms with E-state index in [-0.39, 0.29) is 11.7 Å². The molecule has 2 fully saturated rings. The molecule has 2 aliphatic rings. The summed E-state index contributed by atoms with van der Waals surface area (Å²) >= 11 is 1.61. The molecule has 1 saturated carbocycles. The van der Waals surface area contributed by atoms with Gasteiger partial charge in [-0.25, -0.2) is 4.39 Å². The Hall–Kier alpha value is -2.18. The fraction of sp³-hybridized carbons (Fsp3) is 0.435. The smallest absolute Gasteiger partial charge is 0.264 e. The number of carbonyl (C=O) groups is 1. The van der Waals surface area contributed by atoms with Gasteiger partial charge in [-0.15, -0.1) is 11.3 Å². The minimum atomic E-state index is -0.154. The largest absolute Gasteiger partial charge is 0.349 e. The second-order valence-electron chi connectivity index (χ2n) is 8.23. The molecule has 1 saturated heterocycles. The van der Waals surface area contributed by atoms with E-state index in [4.69, 9.17) is 0 Å². The van der Waals surface area contributed by atoms with Crippen LogP contribution >= 0.6 is 11.3 Å². The molecule has 4 nitrogen and oxygen atoms in total. The summed E-state index contributed by atoms with van der Waals surface area (Å²) < 4.78 is 17.4. The molecule has 1 aliphatic heterocycles. The highest BCUT2D eigenvalue weighted by Gasteiger charge is 2.25. The number of aromatic nitrogens is 1. The van der Waals surface area contributed by atoms with Crippen LogP contribution in [0.4, 0.5) is 4.39 Å². The van der Waals surface area contributed by atoms with Crippen molar-refractivity contribution in [3.63, 3.8) is 0 Å². The third-order valence-corrected chi connectivity index (χ3v) is 7.39. The van der Waals surface area contributed by atoms with Crippen molar-refractivity contribution in [2.75, 3.05) is 26.2 Å². The first-order valence-electron chi connectivity index (χ1n) is 10.5. The van der Waals surface area contributed by atoms with E-state index in [1.807, 2.05) is 17.0 Å². The molecule has 0 spiro atoms. The third kappa shape index (κ3) is 3.83. The standard InChI is InChI=1S/C23H26FN3OS/c24-20-8-4-1-5-17(20)14-25-9-11-26(12-10-25)23(28)21-13-18-15-27(16-22(18)29-21)19-6-2-3-7-19/h1,4-5,8,13,15-16,19H,2-3,6-7,9-12,14H2. The first kappa shape index (κ1) is 18.8. The van der Waals surface area contributed by atoms with Crippen molar-refractivity contribution < 1.29 is 9.18 Å². The van der Waals surface area contributed by atoms with E-state index in [0.717, 1.165) is 23.5 Å². The number of fused-ring (bicyclic) bond motifs is 1. The number of halogens is 1. The second-order valence-corrected chi connectivity index (χ2v) is 9.32. The van der Waals surface area contributed by atoms with Crippen LogP contribution in [-0.2, 0) is 6.54 Å². The lowest BCUT2D eigenvalue weighted by Crippen LogP contribution is -2.48. The van der Waals surface area contributed by atoms with Crippen LogP contribution in [0.3, 0.4) is 0 Å². The molecule has 2 aromatic heterocycles. The van der Waals surface area contributed by atoms with Gasteiger partial charge >= 0.3 is 0 Å². The average molecular weight is 412 g/mol. The van der Waals surface area contributed by atoms with E-state index in [2.05, 4.69) is 27.9 Å². The van der Waals surface area contributed by atoms with Crippen molar-refractivity contribution in [1.29, 1.82) is 0 Å². The van der Waals surface area contributed by atoms with Gasteiger partial charge in [-0.2, -0.15) is 0 Å². The Labute approximate surface area is 174 Å². The summed E-state index contributed by atoms with van der Waals surface area (Å²) in [5.41, 5.74) is 0.722. The Morgan fingerprint density at radius 1 is 1.07 bits per heavy atom. The summed E-state index contributed by atoms with van der Waals surface area (Å²) in [6.45, 7) is 3.54. The Bertz CT molecular complexity index is 981. The number of benzene rings is 1. The van der Waals surface area contributed by atoms with Gasteiger partial charge in [0, 0.05) is 62.1 Å². The predicted octanol–water partition coefficient (Wildman–Crippen LogP) is 4.92. The van der Waals surface area contributed by atoms with Crippen LogP contribution in [0.1, 0.15) is 47.0 Å². The highest BCUT2D eigenvalue weighted by Crippen LogP contribution is 2.34. The van der Waals surface area contributed by atoms with Crippen LogP contribution < -0.4 is 0 Å². The average Bonchev–Trinajstić information content (AvgIpc) is 3.46. The molecule has 0 unspecified atom stereocenters. The Kier molecular flexibility index (Phi) is 5.14. The monoisotopic (exact) mass is 411 g/mol. The maximum atomic E-state index is 13.9. The lowest BCUT2D eigenvalue weighted by Gasteiger charge is -2.34. The molecule has 5 rings (SSSR count). The molecule has 1 aliphatic carbocycles. The van der Waals surface area contributed by atoms with Gasteiger partial charge in [0.1, 0.15) is 5.82 Å². The molecular formula is C23H26FN3OS. The molecule has 29 heavy (non-hydrogen) atoms. The zero-order valence-corrected chi connectivity index (χ0v) is 17.3. The van der Waals surface area contributed by atoms with Gasteiger partial charge in [0.25, 0.3) is 5.91 Å². The minimum Gasteiger partial charge on any atom is -0.349 e. The van der Waals surface area contributed by atoms with Gasteiger partial charge in [0.15, 0.2) is 0 Å². The van der Waals surface area contributed by atoms with Gasteiger partial charge in [-0.3, -0.25) is 9.69 Å². The highest BCUT2D eigenvalue weighted by molar-refractivity contribution is 7.20. The number of thiophene rings is 1. The molecule has 0 bridgehead atoms. The normalized spacial score (nSPS) is 18.7. The summed E-state index contributed by atoms with van der Waals surface area (Å²) in [5, 5.41) is 1.18. The fourth-order valence-electron chi connectivity index (χ4n) is 4.61. The Morgan fingerprint density at radius 2 is 1.83 bits per heavy atom. The molecule has 0 N–H and O–H groups in total. The first-order chi connectivity index (χ1) is 14.2. The molecule has 3 heterocycles. The number of hydrogen-bond donors (Lipinski definition) is 0. The topological polar surface area (TPSA) is 28.5 Å². The Morgan fingerprint density at radius 3 is 2.55 bits per heavy atom. The molecule has 152 valence electrons. The number of rotatable bonds is 4. The van der Waals surface area contributed by atoms with Gasteiger partial charge < -0.3 is 9.47 Å². The van der Waals surface area contributed by atoms with E-state index >= 15 is 0 Å². The van der Waals surface area contributed by atoms with E-state index in [1.165, 1.54) is 41.8 Å². The maximum absolute atomic E-state index is 13.9. The zero-order valence-electron chi connectivity index (χ0n) is 16.5. The minimum absolute atomic E-state index is 0.129. The molecule has 3 aromatic rings. The van der Waals surface area contributed by atoms with E-state index in [0.29, 0.717) is 25.7 Å². The van der Waals surface area contributed by atoms with Gasteiger partial charge in [-0.1, -0.05) is 31.0 Å². The highest BCUT2D eigenvalue weighted by atomic mass is 32.1. The van der Waals surface area contributed by atoms with E-state index in [9.17, 15) is 9.18 Å². The molecule has 0 atom stereocenters. The van der Waals surface area contributed by atoms with Crippen molar-refractivity contribution in [2.45, 2.75) is 38.3 Å². The van der Waals surface area contributed by atoms with Crippen LogP contribution in [0.25, 0.3) is 10.1 Å². The van der Waals surface area contributed by atoms with Crippen LogP contribution in [0.2, 0.25) is 0 Å². The number of carbonyl (C=O) groups excluding carboxylic acids is 1. The lowest BCUT2D eigenvalue weighted by atomic mass is 10.2. The number of amides is 1. The fourth-order valence-corrected chi connectivity index (χ4v) is 5.65.